The third-order valence-electron chi connectivity index (χ3n) is 3.67. The van der Waals surface area contributed by atoms with Gasteiger partial charge in [-0.25, -0.2) is 9.78 Å². The molecule has 6 nitrogen and oxygen atoms in total. The summed E-state index contributed by atoms with van der Waals surface area (Å²) < 4.78 is 5.44. The van der Waals surface area contributed by atoms with Crippen molar-refractivity contribution in [1.82, 2.24) is 20.6 Å². The van der Waals surface area contributed by atoms with Gasteiger partial charge in [0.15, 0.2) is 0 Å². The number of nitrogens with one attached hydrogen (secondary N) is 2. The summed E-state index contributed by atoms with van der Waals surface area (Å²) in [5.41, 5.74) is 3.66. The molecule has 128 valence electrons. The van der Waals surface area contributed by atoms with Crippen molar-refractivity contribution in [2.45, 2.75) is 19.9 Å². The van der Waals surface area contributed by atoms with E-state index in [2.05, 4.69) is 20.6 Å². The fourth-order valence-corrected chi connectivity index (χ4v) is 2.30. The molecule has 0 spiro atoms. The fourth-order valence-electron chi connectivity index (χ4n) is 2.30. The Morgan fingerprint density at radius 2 is 1.96 bits per heavy atom. The molecule has 0 unspecified atom stereocenters. The first-order valence-electron chi connectivity index (χ1n) is 8.14. The van der Waals surface area contributed by atoms with Crippen LogP contribution in [0.1, 0.15) is 17.0 Å². The van der Waals surface area contributed by atoms with Crippen LogP contribution in [0.5, 0.6) is 0 Å². The van der Waals surface area contributed by atoms with Crippen molar-refractivity contribution >= 4 is 6.03 Å². The van der Waals surface area contributed by atoms with Crippen LogP contribution in [-0.4, -0.2) is 22.5 Å². The van der Waals surface area contributed by atoms with E-state index in [9.17, 15) is 4.79 Å². The average Bonchev–Trinajstić information content (AvgIpc) is 3.11. The summed E-state index contributed by atoms with van der Waals surface area (Å²) >= 11 is 0. The Bertz CT molecular complexity index is 813. The maximum atomic E-state index is 11.8. The van der Waals surface area contributed by atoms with Crippen LogP contribution in [0.25, 0.3) is 11.5 Å². The van der Waals surface area contributed by atoms with E-state index in [1.807, 2.05) is 55.6 Å². The number of amides is 2. The number of hydrogen-bond donors (Lipinski definition) is 2. The second-order valence-electron chi connectivity index (χ2n) is 5.68. The Morgan fingerprint density at radius 1 is 1.12 bits per heavy atom. The molecular formula is C19H20N4O2. The summed E-state index contributed by atoms with van der Waals surface area (Å²) in [5, 5.41) is 5.59. The second-order valence-corrected chi connectivity index (χ2v) is 5.68. The maximum Gasteiger partial charge on any atom is 0.315 e. The highest BCUT2D eigenvalue weighted by atomic mass is 16.3. The highest BCUT2D eigenvalue weighted by Gasteiger charge is 2.07. The van der Waals surface area contributed by atoms with E-state index in [0.717, 1.165) is 23.2 Å². The highest BCUT2D eigenvalue weighted by Crippen LogP contribution is 2.17. The van der Waals surface area contributed by atoms with Crippen LogP contribution >= 0.6 is 0 Å². The topological polar surface area (TPSA) is 80.0 Å². The molecule has 0 fully saturated rings. The van der Waals surface area contributed by atoms with E-state index in [1.54, 1.807) is 6.26 Å². The second kappa shape index (κ2) is 8.10. The molecule has 2 heterocycles. The van der Waals surface area contributed by atoms with Gasteiger partial charge in [-0.3, -0.25) is 4.98 Å². The van der Waals surface area contributed by atoms with E-state index >= 15 is 0 Å². The van der Waals surface area contributed by atoms with Crippen LogP contribution in [0.2, 0.25) is 0 Å². The molecule has 0 aliphatic rings. The molecule has 0 saturated carbocycles. The van der Waals surface area contributed by atoms with E-state index in [0.29, 0.717) is 24.7 Å². The van der Waals surface area contributed by atoms with Crippen LogP contribution in [0.3, 0.4) is 0 Å². The minimum absolute atomic E-state index is 0.232. The number of hydrogen-bond acceptors (Lipinski definition) is 4. The molecule has 2 N–H and O–H groups in total. The zero-order chi connectivity index (χ0) is 17.5. The normalized spacial score (nSPS) is 10.4. The van der Waals surface area contributed by atoms with Crippen molar-refractivity contribution in [3.8, 4) is 11.5 Å². The summed E-state index contributed by atoms with van der Waals surface area (Å²) in [6.45, 7) is 2.81. The first-order chi connectivity index (χ1) is 12.2. The van der Waals surface area contributed by atoms with Crippen molar-refractivity contribution in [1.29, 1.82) is 0 Å². The van der Waals surface area contributed by atoms with Gasteiger partial charge < -0.3 is 15.1 Å². The molecule has 0 bridgehead atoms. The van der Waals surface area contributed by atoms with Crippen molar-refractivity contribution in [3.63, 3.8) is 0 Å². The van der Waals surface area contributed by atoms with Gasteiger partial charge in [0.25, 0.3) is 0 Å². The first-order valence-corrected chi connectivity index (χ1v) is 8.14. The lowest BCUT2D eigenvalue weighted by Crippen LogP contribution is -2.36. The van der Waals surface area contributed by atoms with Crippen molar-refractivity contribution < 1.29 is 9.21 Å². The molecule has 0 radical (unpaired) electrons. The predicted molar refractivity (Wildman–Crippen MR) is 94.9 cm³/mol. The number of rotatable bonds is 6. The lowest BCUT2D eigenvalue weighted by molar-refractivity contribution is 0.240. The highest BCUT2D eigenvalue weighted by molar-refractivity contribution is 5.73. The SMILES string of the molecule is Cc1ccc(CCNC(=O)NCc2coc(-c3ccccc3)n2)cn1. The van der Waals surface area contributed by atoms with Gasteiger partial charge in [-0.1, -0.05) is 24.3 Å². The van der Waals surface area contributed by atoms with Gasteiger partial charge in [0.1, 0.15) is 6.26 Å². The van der Waals surface area contributed by atoms with Gasteiger partial charge in [0.2, 0.25) is 5.89 Å². The fraction of sp³-hybridized carbons (Fsp3) is 0.211. The smallest absolute Gasteiger partial charge is 0.315 e. The molecular weight excluding hydrogens is 316 g/mol. The summed E-state index contributed by atoms with van der Waals surface area (Å²) in [4.78, 5) is 20.4. The Hall–Kier alpha value is -3.15. The summed E-state index contributed by atoms with van der Waals surface area (Å²) in [5.74, 6) is 0.546. The molecule has 0 aliphatic carbocycles. The summed E-state index contributed by atoms with van der Waals surface area (Å²) in [6.07, 6.45) is 4.12. The van der Waals surface area contributed by atoms with Gasteiger partial charge in [-0.15, -0.1) is 0 Å². The zero-order valence-corrected chi connectivity index (χ0v) is 14.0. The van der Waals surface area contributed by atoms with Crippen molar-refractivity contribution in [2.75, 3.05) is 6.54 Å². The molecule has 2 aromatic heterocycles. The van der Waals surface area contributed by atoms with Crippen LogP contribution in [0, 0.1) is 6.92 Å². The minimum atomic E-state index is -0.232. The first kappa shape index (κ1) is 16.7. The van der Waals surface area contributed by atoms with Gasteiger partial charge in [0, 0.05) is 24.0 Å². The molecule has 2 amide bonds. The number of carbonyl (C=O) groups is 1. The molecule has 0 atom stereocenters. The monoisotopic (exact) mass is 336 g/mol. The lowest BCUT2D eigenvalue weighted by Gasteiger charge is -2.06. The van der Waals surface area contributed by atoms with Gasteiger partial charge >= 0.3 is 6.03 Å². The van der Waals surface area contributed by atoms with Gasteiger partial charge in [0.05, 0.1) is 12.2 Å². The lowest BCUT2D eigenvalue weighted by atomic mass is 10.2. The number of urea groups is 1. The Morgan fingerprint density at radius 3 is 2.72 bits per heavy atom. The number of carbonyl (C=O) groups excluding carboxylic acids is 1. The summed E-state index contributed by atoms with van der Waals surface area (Å²) in [7, 11) is 0. The van der Waals surface area contributed by atoms with E-state index < -0.39 is 0 Å². The Kier molecular flexibility index (Phi) is 5.41. The summed E-state index contributed by atoms with van der Waals surface area (Å²) in [6, 6.07) is 13.4. The molecule has 1 aromatic carbocycles. The van der Waals surface area contributed by atoms with E-state index in [-0.39, 0.29) is 6.03 Å². The number of pyridine rings is 1. The Labute approximate surface area is 146 Å². The molecule has 3 aromatic rings. The number of aryl methyl sites for hydroxylation is 1. The third-order valence-corrected chi connectivity index (χ3v) is 3.67. The molecule has 0 aliphatic heterocycles. The molecule has 3 rings (SSSR count). The van der Waals surface area contributed by atoms with Crippen LogP contribution in [0.15, 0.2) is 59.3 Å². The Balaban J connectivity index is 1.42. The average molecular weight is 336 g/mol. The number of benzene rings is 1. The van der Waals surface area contributed by atoms with Crippen molar-refractivity contribution in [2.24, 2.45) is 0 Å². The van der Waals surface area contributed by atoms with Gasteiger partial charge in [-0.05, 0) is 37.1 Å². The van der Waals surface area contributed by atoms with Crippen LogP contribution < -0.4 is 10.6 Å². The zero-order valence-electron chi connectivity index (χ0n) is 14.0. The van der Waals surface area contributed by atoms with E-state index in [4.69, 9.17) is 4.42 Å². The van der Waals surface area contributed by atoms with Crippen LogP contribution in [0.4, 0.5) is 4.79 Å². The largest absolute Gasteiger partial charge is 0.444 e. The number of nitrogens with zero attached hydrogens (tertiary/aromatic N) is 2. The third kappa shape index (κ3) is 4.91. The maximum absolute atomic E-state index is 11.8. The van der Waals surface area contributed by atoms with Gasteiger partial charge in [-0.2, -0.15) is 0 Å². The predicted octanol–water partition coefficient (Wildman–Crippen LogP) is 3.09. The molecule has 6 heteroatoms. The van der Waals surface area contributed by atoms with Crippen molar-refractivity contribution in [3.05, 3.63) is 71.9 Å². The minimum Gasteiger partial charge on any atom is -0.444 e. The van der Waals surface area contributed by atoms with E-state index in [1.165, 1.54) is 0 Å². The molecule has 25 heavy (non-hydrogen) atoms. The number of oxazole rings is 1. The standard InChI is InChI=1S/C19H20N4O2/c1-14-7-8-15(11-21-14)9-10-20-19(24)22-12-17-13-25-18(23-17)16-5-3-2-4-6-16/h2-8,11,13H,9-10,12H2,1H3,(H2,20,22,24). The molecule has 0 saturated heterocycles. The number of aromatic nitrogens is 2. The van der Waals surface area contributed by atoms with Crippen LogP contribution in [-0.2, 0) is 13.0 Å². The quantitative estimate of drug-likeness (QED) is 0.725.